The number of hydrogen-bond donors (Lipinski definition) is 8. The number of rotatable bonds is 19. The fraction of sp³-hybridized carbons (Fsp3) is 0.757. The van der Waals surface area contributed by atoms with Crippen LogP contribution in [-0.2, 0) is 52.2 Å². The third kappa shape index (κ3) is 12.5. The minimum Gasteiger partial charge on any atom is -0.481 e. The highest BCUT2D eigenvalue weighted by molar-refractivity contribution is 7.46. The molecule has 0 aromatic carbocycles. The van der Waals surface area contributed by atoms with Gasteiger partial charge in [-0.25, -0.2) is 4.57 Å². The molecule has 23 nitrogen and oxygen atoms in total. The van der Waals surface area contributed by atoms with Crippen molar-refractivity contribution >= 4 is 61.1 Å². The van der Waals surface area contributed by atoms with E-state index in [2.05, 4.69) is 21.7 Å². The van der Waals surface area contributed by atoms with E-state index in [-0.39, 0.29) is 57.3 Å². The Morgan fingerprint density at radius 2 is 1.18 bits per heavy atom. The zero-order valence-corrected chi connectivity index (χ0v) is 35.6. The Balaban J connectivity index is 1.54. The topological polar surface area (TPSA) is 338 Å². The molecule has 0 bridgehead atoms. The molecule has 61 heavy (non-hydrogen) atoms. The molecule has 0 spiro atoms. The highest BCUT2D eigenvalue weighted by atomic mass is 31.2. The van der Waals surface area contributed by atoms with Gasteiger partial charge in [-0.3, -0.25) is 47.7 Å². The minimum atomic E-state index is -5.30. The van der Waals surface area contributed by atoms with E-state index in [0.717, 1.165) is 11.8 Å². The van der Waals surface area contributed by atoms with Crippen molar-refractivity contribution in [1.29, 1.82) is 0 Å². The number of carbonyl (C=O) groups excluding carboxylic acids is 7. The van der Waals surface area contributed by atoms with E-state index in [0.29, 0.717) is 38.5 Å². The fourth-order valence-corrected chi connectivity index (χ4v) is 9.03. The largest absolute Gasteiger partial charge is 0.481 e. The molecule has 4 heterocycles. The molecule has 0 unspecified atom stereocenters. The first-order chi connectivity index (χ1) is 28.7. The van der Waals surface area contributed by atoms with Crippen LogP contribution in [-0.4, -0.2) is 174 Å². The van der Waals surface area contributed by atoms with E-state index >= 15 is 0 Å². The average Bonchev–Trinajstić information content (AvgIpc) is 4.05. The van der Waals surface area contributed by atoms with Crippen LogP contribution >= 0.6 is 7.82 Å². The van der Waals surface area contributed by atoms with Gasteiger partial charge in [-0.2, -0.15) is 0 Å². The first kappa shape index (κ1) is 49.0. The predicted molar refractivity (Wildman–Crippen MR) is 209 cm³/mol. The number of carboxylic acids is 2. The first-order valence-corrected chi connectivity index (χ1v) is 22.3. The summed E-state index contributed by atoms with van der Waals surface area (Å²) in [5.74, 6) is -7.60. The number of likely N-dealkylation sites (tertiary alicyclic amines) is 4. The fourth-order valence-electron chi connectivity index (χ4n) is 8.48. The van der Waals surface area contributed by atoms with E-state index < -0.39 is 123 Å². The van der Waals surface area contributed by atoms with Gasteiger partial charge < -0.3 is 61.3 Å². The van der Waals surface area contributed by atoms with Crippen molar-refractivity contribution in [3.63, 3.8) is 0 Å². The van der Waals surface area contributed by atoms with Crippen molar-refractivity contribution in [2.45, 2.75) is 140 Å². The van der Waals surface area contributed by atoms with Gasteiger partial charge in [-0.05, 0) is 71.1 Å². The van der Waals surface area contributed by atoms with E-state index in [1.54, 1.807) is 0 Å². The number of amides is 7. The number of nitrogens with zero attached hydrogens (tertiary/aromatic N) is 4. The Hall–Kier alpha value is -4.70. The highest BCUT2D eigenvalue weighted by Gasteiger charge is 2.48. The average molecular weight is 888 g/mol. The van der Waals surface area contributed by atoms with Crippen molar-refractivity contribution in [2.75, 3.05) is 32.7 Å². The summed E-state index contributed by atoms with van der Waals surface area (Å²) < 4.78 is 16.8. The van der Waals surface area contributed by atoms with Crippen molar-refractivity contribution in [2.24, 2.45) is 5.92 Å². The smallest absolute Gasteiger partial charge is 0.469 e. The van der Waals surface area contributed by atoms with Gasteiger partial charge in [0.2, 0.25) is 35.4 Å². The molecule has 0 radical (unpaired) electrons. The van der Waals surface area contributed by atoms with Gasteiger partial charge in [-0.1, -0.05) is 13.8 Å². The van der Waals surface area contributed by atoms with Crippen molar-refractivity contribution < 1.29 is 78.0 Å². The van der Waals surface area contributed by atoms with Crippen LogP contribution in [0.4, 0.5) is 0 Å². The van der Waals surface area contributed by atoms with Crippen LogP contribution in [0.1, 0.15) is 91.4 Å². The molecule has 342 valence electrons. The maximum atomic E-state index is 14.4. The number of carboxylic acid groups (broad SMARTS) is 2. The van der Waals surface area contributed by atoms with E-state index in [1.807, 2.05) is 13.8 Å². The van der Waals surface area contributed by atoms with Crippen LogP contribution in [0.15, 0.2) is 0 Å². The minimum absolute atomic E-state index is 0.0384. The van der Waals surface area contributed by atoms with Crippen LogP contribution in [0.5, 0.6) is 0 Å². The van der Waals surface area contributed by atoms with Gasteiger partial charge in [0.1, 0.15) is 42.8 Å². The second kappa shape index (κ2) is 21.4. The Morgan fingerprint density at radius 3 is 1.69 bits per heavy atom. The standard InChI is InChI=1S/C37H59N8O15P/c1-4-20(2)29(38)36(55)43-16-6-10-24(43)33(52)40-22(13-14-27(46)47)31(50)41-30(21(3)60-61(57,58)59)37(56)45-18-8-12-26(45)35(54)44-17-7-11-25(44)34(53)42-15-5-9-23(42)32(51)39-19-28(48)49/h20-26,29-30H,4-19,38H2,1-3H3,(H,39,51)(H,40,52)(H,41,50)(H,46,47)(H,48,49)(H2,57,58,59)/p+1/t20-,21+,22-,23-,24-,25-,26-,29-,30-/m0/s1. The molecular formula is C37H60N8O15P+. The summed E-state index contributed by atoms with van der Waals surface area (Å²) in [7, 11) is -5.30. The van der Waals surface area contributed by atoms with Crippen molar-refractivity contribution in [3.05, 3.63) is 0 Å². The molecule has 0 saturated carbocycles. The monoisotopic (exact) mass is 887 g/mol. The normalized spacial score (nSPS) is 24.1. The summed E-state index contributed by atoms with van der Waals surface area (Å²) in [4.78, 5) is 143. The second-order valence-electron chi connectivity index (χ2n) is 16.1. The molecule has 4 fully saturated rings. The Labute approximate surface area is 352 Å². The Kier molecular flexibility index (Phi) is 17.2. The number of carbonyl (C=O) groups is 9. The van der Waals surface area contributed by atoms with Crippen molar-refractivity contribution in [1.82, 2.24) is 35.6 Å². The zero-order chi connectivity index (χ0) is 45.3. The number of hydrogen-bond acceptors (Lipinski definition) is 11. The Bertz CT molecular complexity index is 1750. The van der Waals surface area contributed by atoms with Crippen LogP contribution in [0.3, 0.4) is 0 Å². The quantitative estimate of drug-likeness (QED) is 0.0605. The lowest BCUT2D eigenvalue weighted by molar-refractivity contribution is -0.417. The third-order valence-corrected chi connectivity index (χ3v) is 12.6. The third-order valence-electron chi connectivity index (χ3n) is 12.0. The van der Waals surface area contributed by atoms with E-state index in [9.17, 15) is 62.6 Å². The lowest BCUT2D eigenvalue weighted by atomic mass is 9.98. The van der Waals surface area contributed by atoms with E-state index in [1.165, 1.54) is 14.7 Å². The summed E-state index contributed by atoms with van der Waals surface area (Å²) >= 11 is 0. The predicted octanol–water partition coefficient (Wildman–Crippen LogP) is -2.86. The van der Waals surface area contributed by atoms with Gasteiger partial charge in [-0.15, -0.1) is 0 Å². The van der Waals surface area contributed by atoms with Crippen LogP contribution in [0.25, 0.3) is 0 Å². The molecule has 4 aliphatic heterocycles. The lowest BCUT2D eigenvalue weighted by Crippen LogP contribution is -2.71. The first-order valence-electron chi connectivity index (χ1n) is 20.8. The summed E-state index contributed by atoms with van der Waals surface area (Å²) in [5.41, 5.74) is 3.97. The number of quaternary nitrogens is 1. The summed E-state index contributed by atoms with van der Waals surface area (Å²) in [6, 6.07) is -8.24. The number of phosphoric ester groups is 1. The van der Waals surface area contributed by atoms with Gasteiger partial charge in [0.25, 0.3) is 5.91 Å². The maximum Gasteiger partial charge on any atom is 0.469 e. The van der Waals surface area contributed by atoms with Crippen LogP contribution in [0, 0.1) is 5.92 Å². The molecule has 4 rings (SSSR count). The Morgan fingerprint density at radius 1 is 0.705 bits per heavy atom. The summed E-state index contributed by atoms with van der Waals surface area (Å²) in [6.45, 7) is 4.78. The SMILES string of the molecule is CC[C@H](C)[C@H]([NH3+])C(=O)N1CCC[C@H]1C(=O)N[C@@H](CCC(=O)O)C(=O)N[C@H](C(=O)N1CCC[C@H]1C(=O)N1CCC[C@H]1C(=O)N1CCC[C@H]1C(=O)NCC(=O)O)[C@@H](C)OP(=O)(O)O. The molecule has 0 aromatic rings. The molecule has 10 N–H and O–H groups in total. The van der Waals surface area contributed by atoms with Gasteiger partial charge in [0, 0.05) is 38.5 Å². The molecule has 24 heteroatoms. The number of phosphoric acid groups is 1. The molecule has 4 saturated heterocycles. The summed E-state index contributed by atoms with van der Waals surface area (Å²) in [5, 5.41) is 25.6. The molecule has 9 atom stereocenters. The van der Waals surface area contributed by atoms with Crippen LogP contribution < -0.4 is 21.7 Å². The summed E-state index contributed by atoms with van der Waals surface area (Å²) in [6.07, 6.45) is 0.420. The van der Waals surface area contributed by atoms with E-state index in [4.69, 9.17) is 9.63 Å². The zero-order valence-electron chi connectivity index (χ0n) is 34.7. The van der Waals surface area contributed by atoms with Crippen LogP contribution in [0.2, 0.25) is 0 Å². The lowest BCUT2D eigenvalue weighted by Gasteiger charge is -2.36. The van der Waals surface area contributed by atoms with Gasteiger partial charge in [0.05, 0.1) is 6.10 Å². The molecule has 4 aliphatic rings. The van der Waals surface area contributed by atoms with Gasteiger partial charge >= 0.3 is 19.8 Å². The maximum absolute atomic E-state index is 14.4. The highest BCUT2D eigenvalue weighted by Crippen LogP contribution is 2.39. The number of aliphatic carboxylic acids is 2. The number of nitrogens with one attached hydrogen (secondary N) is 3. The molecule has 0 aromatic heterocycles. The molecule has 7 amide bonds. The molecular weight excluding hydrogens is 827 g/mol. The molecule has 0 aliphatic carbocycles. The van der Waals surface area contributed by atoms with Crippen molar-refractivity contribution in [3.8, 4) is 0 Å². The second-order valence-corrected chi connectivity index (χ2v) is 17.3. The van der Waals surface area contributed by atoms with Gasteiger partial charge in [0.15, 0.2) is 6.04 Å².